The van der Waals surface area contributed by atoms with Gasteiger partial charge in [0.1, 0.15) is 0 Å². The second kappa shape index (κ2) is 6.88. The molecular formula is C20H27N3. The Hall–Kier alpha value is -1.61. The van der Waals surface area contributed by atoms with Crippen molar-refractivity contribution in [1.29, 1.82) is 0 Å². The zero-order valence-corrected chi connectivity index (χ0v) is 13.9. The van der Waals surface area contributed by atoms with E-state index in [1.54, 1.807) is 0 Å². The van der Waals surface area contributed by atoms with E-state index in [1.807, 2.05) is 12.4 Å². The molecule has 2 heterocycles. The third kappa shape index (κ3) is 3.50. The van der Waals surface area contributed by atoms with Gasteiger partial charge in [-0.25, -0.2) is 0 Å². The van der Waals surface area contributed by atoms with Gasteiger partial charge in [0.2, 0.25) is 0 Å². The molecule has 1 saturated heterocycles. The highest BCUT2D eigenvalue weighted by atomic mass is 15.2. The molecule has 0 bridgehead atoms. The Balaban J connectivity index is 1.34. The third-order valence-electron chi connectivity index (χ3n) is 5.63. The van der Waals surface area contributed by atoms with E-state index in [-0.39, 0.29) is 0 Å². The lowest BCUT2D eigenvalue weighted by molar-refractivity contribution is 0.126. The first-order valence-electron chi connectivity index (χ1n) is 9.23. The van der Waals surface area contributed by atoms with Gasteiger partial charge >= 0.3 is 0 Å². The van der Waals surface area contributed by atoms with Gasteiger partial charge in [-0.05, 0) is 49.3 Å². The predicted molar refractivity (Wildman–Crippen MR) is 96.8 cm³/mol. The van der Waals surface area contributed by atoms with Gasteiger partial charge in [-0.15, -0.1) is 0 Å². The van der Waals surface area contributed by atoms with Crippen LogP contribution in [0, 0.1) is 0 Å². The number of aromatic nitrogens is 1. The highest BCUT2D eigenvalue weighted by Gasteiger charge is 2.25. The molecule has 3 heteroatoms. The van der Waals surface area contributed by atoms with Crippen molar-refractivity contribution in [3.8, 4) is 0 Å². The molecule has 4 rings (SSSR count). The van der Waals surface area contributed by atoms with Crippen LogP contribution in [0.25, 0.3) is 10.8 Å². The van der Waals surface area contributed by atoms with Crippen molar-refractivity contribution in [1.82, 2.24) is 9.88 Å². The third-order valence-corrected chi connectivity index (χ3v) is 5.63. The highest BCUT2D eigenvalue weighted by molar-refractivity contribution is 5.84. The Labute approximate surface area is 139 Å². The summed E-state index contributed by atoms with van der Waals surface area (Å²) in [5.74, 6) is 0. The number of hydrogen-bond acceptors (Lipinski definition) is 3. The molecule has 1 saturated carbocycles. The SMILES string of the molecule is c1cc2cc(NC3CCN(C4CCCCC4)CC3)ccc2cn1. The second-order valence-corrected chi connectivity index (χ2v) is 7.18. The van der Waals surface area contributed by atoms with Crippen molar-refractivity contribution in [2.45, 2.75) is 57.0 Å². The first-order valence-corrected chi connectivity index (χ1v) is 9.23. The van der Waals surface area contributed by atoms with Crippen molar-refractivity contribution in [2.75, 3.05) is 18.4 Å². The quantitative estimate of drug-likeness (QED) is 0.908. The summed E-state index contributed by atoms with van der Waals surface area (Å²) in [6.07, 6.45) is 13.5. The van der Waals surface area contributed by atoms with E-state index in [0.717, 1.165) is 6.04 Å². The molecule has 0 radical (unpaired) electrons. The lowest BCUT2D eigenvalue weighted by Crippen LogP contribution is -2.45. The van der Waals surface area contributed by atoms with E-state index in [2.05, 4.69) is 39.5 Å². The molecule has 0 atom stereocenters. The summed E-state index contributed by atoms with van der Waals surface area (Å²) in [5, 5.41) is 6.23. The maximum Gasteiger partial charge on any atom is 0.0348 e. The second-order valence-electron chi connectivity index (χ2n) is 7.18. The van der Waals surface area contributed by atoms with Crippen LogP contribution in [0.3, 0.4) is 0 Å². The van der Waals surface area contributed by atoms with E-state index >= 15 is 0 Å². The van der Waals surface area contributed by atoms with Crippen molar-refractivity contribution in [2.24, 2.45) is 0 Å². The molecule has 23 heavy (non-hydrogen) atoms. The number of benzene rings is 1. The van der Waals surface area contributed by atoms with Gasteiger partial charge in [0.05, 0.1) is 0 Å². The molecule has 0 unspecified atom stereocenters. The van der Waals surface area contributed by atoms with Crippen molar-refractivity contribution < 1.29 is 0 Å². The lowest BCUT2D eigenvalue weighted by Gasteiger charge is -2.39. The summed E-state index contributed by atoms with van der Waals surface area (Å²) in [4.78, 5) is 6.94. The summed E-state index contributed by atoms with van der Waals surface area (Å²) >= 11 is 0. The van der Waals surface area contributed by atoms with Crippen LogP contribution in [0.5, 0.6) is 0 Å². The number of nitrogens with zero attached hydrogens (tertiary/aromatic N) is 2. The number of anilines is 1. The minimum absolute atomic E-state index is 0.620. The molecule has 0 spiro atoms. The monoisotopic (exact) mass is 309 g/mol. The van der Waals surface area contributed by atoms with Gasteiger partial charge in [0.15, 0.2) is 0 Å². The number of hydrogen-bond donors (Lipinski definition) is 1. The summed E-state index contributed by atoms with van der Waals surface area (Å²) in [6, 6.07) is 10.2. The molecule has 122 valence electrons. The van der Waals surface area contributed by atoms with Crippen LogP contribution >= 0.6 is 0 Å². The first-order chi connectivity index (χ1) is 11.4. The zero-order valence-electron chi connectivity index (χ0n) is 13.9. The van der Waals surface area contributed by atoms with Crippen molar-refractivity contribution in [3.63, 3.8) is 0 Å². The largest absolute Gasteiger partial charge is 0.382 e. The molecule has 2 aliphatic rings. The number of likely N-dealkylation sites (tertiary alicyclic amines) is 1. The number of fused-ring (bicyclic) bond motifs is 1. The maximum absolute atomic E-state index is 4.18. The average molecular weight is 309 g/mol. The van der Waals surface area contributed by atoms with Crippen LogP contribution < -0.4 is 5.32 Å². The van der Waals surface area contributed by atoms with Gasteiger partial charge < -0.3 is 10.2 Å². The van der Waals surface area contributed by atoms with E-state index in [9.17, 15) is 0 Å². The summed E-state index contributed by atoms with van der Waals surface area (Å²) in [7, 11) is 0. The van der Waals surface area contributed by atoms with Crippen molar-refractivity contribution >= 4 is 16.5 Å². The Kier molecular flexibility index (Phi) is 4.47. The minimum Gasteiger partial charge on any atom is -0.382 e. The fraction of sp³-hybridized carbons (Fsp3) is 0.550. The van der Waals surface area contributed by atoms with E-state index in [4.69, 9.17) is 0 Å². The predicted octanol–water partition coefficient (Wildman–Crippen LogP) is 4.44. The van der Waals surface area contributed by atoms with Gasteiger partial charge in [0, 0.05) is 48.6 Å². The van der Waals surface area contributed by atoms with E-state index in [0.29, 0.717) is 6.04 Å². The molecule has 3 nitrogen and oxygen atoms in total. The lowest BCUT2D eigenvalue weighted by atomic mass is 9.92. The molecule has 1 N–H and O–H groups in total. The maximum atomic E-state index is 4.18. The Morgan fingerprint density at radius 2 is 1.74 bits per heavy atom. The summed E-state index contributed by atoms with van der Waals surface area (Å²) in [5.41, 5.74) is 1.25. The van der Waals surface area contributed by atoms with Crippen LogP contribution in [-0.4, -0.2) is 35.1 Å². The Morgan fingerprint density at radius 3 is 2.57 bits per heavy atom. The van der Waals surface area contributed by atoms with Gasteiger partial charge in [-0.2, -0.15) is 0 Å². The van der Waals surface area contributed by atoms with Gasteiger partial charge in [0.25, 0.3) is 0 Å². The summed E-state index contributed by atoms with van der Waals surface area (Å²) < 4.78 is 0. The van der Waals surface area contributed by atoms with Crippen LogP contribution in [0.2, 0.25) is 0 Å². The smallest absolute Gasteiger partial charge is 0.0348 e. The Bertz CT molecular complexity index is 640. The first kappa shape index (κ1) is 14.9. The van der Waals surface area contributed by atoms with Crippen LogP contribution in [0.15, 0.2) is 36.7 Å². The normalized spacial score (nSPS) is 21.6. The zero-order chi connectivity index (χ0) is 15.5. The average Bonchev–Trinajstić information content (AvgIpc) is 2.63. The number of pyridine rings is 1. The summed E-state index contributed by atoms with van der Waals surface area (Å²) in [6.45, 7) is 2.53. The van der Waals surface area contributed by atoms with Gasteiger partial charge in [-0.1, -0.05) is 25.3 Å². The fourth-order valence-electron chi connectivity index (χ4n) is 4.26. The number of rotatable bonds is 3. The standard InChI is InChI=1S/C20H27N3/c1-2-4-20(5-3-1)23-12-9-18(10-13-23)22-19-7-6-17-15-21-11-8-16(17)14-19/h6-8,11,14-15,18,20,22H,1-5,9-10,12-13H2. The molecule has 2 fully saturated rings. The minimum atomic E-state index is 0.620. The number of piperidine rings is 1. The Morgan fingerprint density at radius 1 is 0.913 bits per heavy atom. The molecule has 2 aromatic rings. The van der Waals surface area contributed by atoms with Crippen LogP contribution in [0.4, 0.5) is 5.69 Å². The van der Waals surface area contributed by atoms with Gasteiger partial charge in [-0.3, -0.25) is 4.98 Å². The van der Waals surface area contributed by atoms with E-state index < -0.39 is 0 Å². The fourth-order valence-corrected chi connectivity index (χ4v) is 4.26. The van der Waals surface area contributed by atoms with Crippen LogP contribution in [-0.2, 0) is 0 Å². The molecule has 1 aromatic heterocycles. The molecular weight excluding hydrogens is 282 g/mol. The number of nitrogens with one attached hydrogen (secondary N) is 1. The highest BCUT2D eigenvalue weighted by Crippen LogP contribution is 2.27. The molecule has 0 amide bonds. The molecule has 1 aromatic carbocycles. The van der Waals surface area contributed by atoms with Crippen LogP contribution in [0.1, 0.15) is 44.9 Å². The van der Waals surface area contributed by atoms with Crippen molar-refractivity contribution in [3.05, 3.63) is 36.7 Å². The molecule has 1 aliphatic carbocycles. The topological polar surface area (TPSA) is 28.2 Å². The molecule has 1 aliphatic heterocycles. The van der Waals surface area contributed by atoms with E-state index in [1.165, 1.54) is 74.5 Å².